The van der Waals surface area contributed by atoms with Crippen molar-refractivity contribution in [1.29, 1.82) is 0 Å². The fraction of sp³-hybridized carbons (Fsp3) is 0.500. The summed E-state index contributed by atoms with van der Waals surface area (Å²) in [5.74, 6) is 0. The van der Waals surface area contributed by atoms with Gasteiger partial charge in [-0.25, -0.2) is 4.39 Å². The van der Waals surface area contributed by atoms with Crippen molar-refractivity contribution in [3.05, 3.63) is 11.9 Å². The van der Waals surface area contributed by atoms with Gasteiger partial charge in [0.1, 0.15) is 0 Å². The molecule has 1 unspecified atom stereocenters. The first-order chi connectivity index (χ1) is 2.84. The molecular formula is C4H6FN. The zero-order valence-electron chi connectivity index (χ0n) is 3.32. The summed E-state index contributed by atoms with van der Waals surface area (Å²) in [6.45, 7) is 0. The Morgan fingerprint density at radius 2 is 2.50 bits per heavy atom. The first-order valence-electron chi connectivity index (χ1n) is 1.89. The van der Waals surface area contributed by atoms with Crippen LogP contribution in [-0.4, -0.2) is 6.04 Å². The van der Waals surface area contributed by atoms with E-state index in [1.54, 1.807) is 0 Å². The zero-order valence-corrected chi connectivity index (χ0v) is 3.32. The van der Waals surface area contributed by atoms with E-state index in [0.29, 0.717) is 6.33 Å². The monoisotopic (exact) mass is 87.0 g/mol. The van der Waals surface area contributed by atoms with E-state index in [1.807, 2.05) is 0 Å². The largest absolute Gasteiger partial charge is 0.324 e. The van der Waals surface area contributed by atoms with Gasteiger partial charge in [-0.15, -0.1) is 0 Å². The van der Waals surface area contributed by atoms with Gasteiger partial charge in [0, 0.05) is 6.04 Å². The Kier molecular flexibility index (Phi) is 0.665. The van der Waals surface area contributed by atoms with Crippen molar-refractivity contribution >= 4 is 0 Å². The first kappa shape index (κ1) is 3.81. The summed E-state index contributed by atoms with van der Waals surface area (Å²) in [7, 11) is 0. The van der Waals surface area contributed by atoms with Crippen molar-refractivity contribution in [1.82, 2.24) is 0 Å². The normalized spacial score (nSPS) is 37.7. The molecule has 2 heteroatoms. The van der Waals surface area contributed by atoms with Crippen LogP contribution in [0.5, 0.6) is 0 Å². The van der Waals surface area contributed by atoms with Crippen molar-refractivity contribution in [3.63, 3.8) is 0 Å². The zero-order chi connectivity index (χ0) is 4.57. The predicted molar refractivity (Wildman–Crippen MR) is 21.8 cm³/mol. The Morgan fingerprint density at radius 1 is 2.00 bits per heavy atom. The molecule has 2 N–H and O–H groups in total. The van der Waals surface area contributed by atoms with Gasteiger partial charge in [0.05, 0.1) is 6.33 Å². The fourth-order valence-corrected chi connectivity index (χ4v) is 0.320. The highest BCUT2D eigenvalue weighted by Crippen LogP contribution is 2.25. The van der Waals surface area contributed by atoms with E-state index in [4.69, 9.17) is 5.73 Å². The molecule has 0 saturated heterocycles. The molecule has 0 aromatic carbocycles. The van der Waals surface area contributed by atoms with E-state index in [1.165, 1.54) is 0 Å². The lowest BCUT2D eigenvalue weighted by atomic mass is 10.7. The van der Waals surface area contributed by atoms with Crippen LogP contribution >= 0.6 is 0 Å². The highest BCUT2D eigenvalue weighted by molar-refractivity contribution is 5.24. The standard InChI is InChI=1S/C4H6FN/c5-2-3-1-4(3)6/h2,4H,1,6H2. The van der Waals surface area contributed by atoms with Gasteiger partial charge in [0.15, 0.2) is 0 Å². The van der Waals surface area contributed by atoms with Gasteiger partial charge in [-0.2, -0.15) is 0 Å². The second-order valence-electron chi connectivity index (χ2n) is 1.49. The second-order valence-corrected chi connectivity index (χ2v) is 1.49. The third kappa shape index (κ3) is 0.431. The van der Waals surface area contributed by atoms with Crippen LogP contribution in [0.4, 0.5) is 4.39 Å². The maximum absolute atomic E-state index is 11.2. The number of halogens is 1. The lowest BCUT2D eigenvalue weighted by molar-refractivity contribution is 0.716. The Morgan fingerprint density at radius 3 is 2.50 bits per heavy atom. The third-order valence-corrected chi connectivity index (χ3v) is 0.912. The molecule has 6 heavy (non-hydrogen) atoms. The molecule has 1 nitrogen and oxygen atoms in total. The molecule has 1 atom stereocenters. The molecule has 0 spiro atoms. The highest BCUT2D eigenvalue weighted by atomic mass is 19.1. The number of hydrogen-bond donors (Lipinski definition) is 1. The Hall–Kier alpha value is -0.370. The molecule has 1 aliphatic rings. The number of rotatable bonds is 0. The maximum atomic E-state index is 11.2. The van der Waals surface area contributed by atoms with Crippen LogP contribution in [0.25, 0.3) is 0 Å². The SMILES string of the molecule is NC1CC1=CF. The molecule has 0 bridgehead atoms. The summed E-state index contributed by atoms with van der Waals surface area (Å²) in [6, 6.07) is 0.0509. The van der Waals surface area contributed by atoms with E-state index in [0.717, 1.165) is 12.0 Å². The minimum absolute atomic E-state index is 0.0509. The summed E-state index contributed by atoms with van der Waals surface area (Å²) in [5, 5.41) is 0. The van der Waals surface area contributed by atoms with Gasteiger partial charge in [-0.3, -0.25) is 0 Å². The molecule has 0 radical (unpaired) electrons. The van der Waals surface area contributed by atoms with E-state index >= 15 is 0 Å². The Bertz CT molecular complexity index is 87.5. The van der Waals surface area contributed by atoms with E-state index < -0.39 is 0 Å². The molecule has 0 amide bonds. The second kappa shape index (κ2) is 1.05. The van der Waals surface area contributed by atoms with Crippen LogP contribution in [0, 0.1) is 0 Å². The summed E-state index contributed by atoms with van der Waals surface area (Å²) in [6.07, 6.45) is 1.35. The molecule has 0 aromatic heterocycles. The molecule has 0 heterocycles. The molecule has 1 saturated carbocycles. The van der Waals surface area contributed by atoms with Crippen LogP contribution in [0.3, 0.4) is 0 Å². The average molecular weight is 87.1 g/mol. The van der Waals surface area contributed by atoms with Crippen molar-refractivity contribution in [2.75, 3.05) is 0 Å². The minimum atomic E-state index is 0.0509. The van der Waals surface area contributed by atoms with Gasteiger partial charge < -0.3 is 5.73 Å². The van der Waals surface area contributed by atoms with Crippen molar-refractivity contribution < 1.29 is 4.39 Å². The molecule has 34 valence electrons. The van der Waals surface area contributed by atoms with Gasteiger partial charge >= 0.3 is 0 Å². The van der Waals surface area contributed by atoms with E-state index in [9.17, 15) is 4.39 Å². The van der Waals surface area contributed by atoms with Gasteiger partial charge in [-0.1, -0.05) is 0 Å². The third-order valence-electron chi connectivity index (χ3n) is 0.912. The maximum Gasteiger partial charge on any atom is 0.0875 e. The van der Waals surface area contributed by atoms with Crippen molar-refractivity contribution in [3.8, 4) is 0 Å². The molecular weight excluding hydrogens is 81.0 g/mol. The van der Waals surface area contributed by atoms with Gasteiger partial charge in [0.2, 0.25) is 0 Å². The van der Waals surface area contributed by atoms with Crippen molar-refractivity contribution in [2.45, 2.75) is 12.5 Å². The van der Waals surface area contributed by atoms with Gasteiger partial charge in [0.25, 0.3) is 0 Å². The van der Waals surface area contributed by atoms with E-state index in [-0.39, 0.29) is 6.04 Å². The summed E-state index contributed by atoms with van der Waals surface area (Å²) in [4.78, 5) is 0. The predicted octanol–water partition coefficient (Wildman–Crippen LogP) is 0.571. The molecule has 0 aromatic rings. The highest BCUT2D eigenvalue weighted by Gasteiger charge is 2.24. The van der Waals surface area contributed by atoms with Crippen molar-refractivity contribution in [2.24, 2.45) is 5.73 Å². The smallest absolute Gasteiger partial charge is 0.0875 e. The molecule has 1 aliphatic carbocycles. The molecule has 1 rings (SSSR count). The first-order valence-corrected chi connectivity index (χ1v) is 1.89. The quantitative estimate of drug-likeness (QED) is 0.459. The molecule has 1 fully saturated rings. The Labute approximate surface area is 35.6 Å². The van der Waals surface area contributed by atoms with Crippen LogP contribution in [0.1, 0.15) is 6.42 Å². The van der Waals surface area contributed by atoms with Gasteiger partial charge in [-0.05, 0) is 12.0 Å². The average Bonchev–Trinajstić information content (AvgIpc) is 2.19. The van der Waals surface area contributed by atoms with Crippen LogP contribution in [0.15, 0.2) is 11.9 Å². The van der Waals surface area contributed by atoms with Crippen LogP contribution in [-0.2, 0) is 0 Å². The molecule has 0 aliphatic heterocycles. The van der Waals surface area contributed by atoms with Crippen LogP contribution in [0.2, 0.25) is 0 Å². The lowest BCUT2D eigenvalue weighted by Crippen LogP contribution is -1.95. The van der Waals surface area contributed by atoms with E-state index in [2.05, 4.69) is 0 Å². The van der Waals surface area contributed by atoms with Crippen LogP contribution < -0.4 is 5.73 Å². The topological polar surface area (TPSA) is 26.0 Å². The number of hydrogen-bond acceptors (Lipinski definition) is 1. The summed E-state index contributed by atoms with van der Waals surface area (Å²) >= 11 is 0. The summed E-state index contributed by atoms with van der Waals surface area (Å²) in [5.41, 5.74) is 5.91. The fourth-order valence-electron chi connectivity index (χ4n) is 0.320. The lowest BCUT2D eigenvalue weighted by Gasteiger charge is -1.64. The number of nitrogens with two attached hydrogens (primary N) is 1. The summed E-state index contributed by atoms with van der Waals surface area (Å²) < 4.78 is 11.2. The minimum Gasteiger partial charge on any atom is -0.324 e. The Balaban J connectivity index is 2.44.